The lowest BCUT2D eigenvalue weighted by atomic mass is 10.1. The molecule has 6 heteroatoms. The highest BCUT2D eigenvalue weighted by Crippen LogP contribution is 2.27. The quantitative estimate of drug-likeness (QED) is 0.913. The van der Waals surface area contributed by atoms with Crippen molar-refractivity contribution in [2.45, 2.75) is 20.4 Å². The van der Waals surface area contributed by atoms with E-state index in [9.17, 15) is 14.0 Å². The first-order valence-electron chi connectivity index (χ1n) is 8.53. The van der Waals surface area contributed by atoms with Crippen LogP contribution in [0.5, 0.6) is 5.75 Å². The highest BCUT2D eigenvalue weighted by atomic mass is 19.1. The van der Waals surface area contributed by atoms with E-state index in [1.54, 1.807) is 29.2 Å². The molecule has 3 rings (SSSR count). The lowest BCUT2D eigenvalue weighted by Crippen LogP contribution is -2.35. The van der Waals surface area contributed by atoms with Gasteiger partial charge in [0, 0.05) is 24.3 Å². The predicted molar refractivity (Wildman–Crippen MR) is 96.5 cm³/mol. The molecule has 2 aromatic rings. The van der Waals surface area contributed by atoms with Gasteiger partial charge in [-0.1, -0.05) is 26.0 Å². The van der Waals surface area contributed by atoms with Gasteiger partial charge in [-0.15, -0.1) is 0 Å². The zero-order chi connectivity index (χ0) is 18.7. The Hall–Kier alpha value is -2.89. The van der Waals surface area contributed by atoms with Gasteiger partial charge in [0.25, 0.3) is 11.8 Å². The number of nitrogens with one attached hydrogen (secondary N) is 1. The van der Waals surface area contributed by atoms with Crippen LogP contribution in [0.3, 0.4) is 0 Å². The summed E-state index contributed by atoms with van der Waals surface area (Å²) in [6, 6.07) is 11.0. The Morgan fingerprint density at radius 3 is 2.77 bits per heavy atom. The molecule has 0 spiro atoms. The maximum atomic E-state index is 13.8. The van der Waals surface area contributed by atoms with Crippen LogP contribution in [0.1, 0.15) is 29.8 Å². The molecular weight excluding hydrogens is 335 g/mol. The summed E-state index contributed by atoms with van der Waals surface area (Å²) in [5, 5.41) is 2.70. The second-order valence-electron chi connectivity index (χ2n) is 6.71. The highest BCUT2D eigenvalue weighted by Gasteiger charge is 2.22. The van der Waals surface area contributed by atoms with Crippen LogP contribution in [0.4, 0.5) is 10.1 Å². The molecule has 0 aliphatic carbocycles. The molecule has 0 radical (unpaired) electrons. The van der Waals surface area contributed by atoms with E-state index < -0.39 is 11.7 Å². The second-order valence-corrected chi connectivity index (χ2v) is 6.71. The first kappa shape index (κ1) is 17.9. The Kier molecular flexibility index (Phi) is 5.21. The fourth-order valence-electron chi connectivity index (χ4n) is 2.90. The average Bonchev–Trinajstić information content (AvgIpc) is 2.74. The summed E-state index contributed by atoms with van der Waals surface area (Å²) in [5.41, 5.74) is 1.32. The summed E-state index contributed by atoms with van der Waals surface area (Å²) in [7, 11) is 0. The molecule has 2 aromatic carbocycles. The monoisotopic (exact) mass is 356 g/mol. The Balaban J connectivity index is 1.81. The molecule has 0 bridgehead atoms. The van der Waals surface area contributed by atoms with Gasteiger partial charge in [0.1, 0.15) is 11.6 Å². The Bertz CT molecular complexity index is 836. The minimum atomic E-state index is -0.572. The number of ether oxygens (including phenoxy) is 1. The number of carbonyl (C=O) groups excluding carboxylic acids is 2. The SMILES string of the molecule is CC(C)CN1Cc2cc(NC(=O)c3ccccc3F)ccc2OCC1=O. The van der Waals surface area contributed by atoms with Crippen LogP contribution < -0.4 is 10.1 Å². The smallest absolute Gasteiger partial charge is 0.260 e. The van der Waals surface area contributed by atoms with Crippen LogP contribution in [-0.4, -0.2) is 29.9 Å². The molecular formula is C20H21FN2O3. The predicted octanol–water partition coefficient (Wildman–Crippen LogP) is 3.46. The van der Waals surface area contributed by atoms with E-state index in [0.717, 1.165) is 5.56 Å². The Morgan fingerprint density at radius 1 is 1.27 bits per heavy atom. The number of halogens is 1. The van der Waals surface area contributed by atoms with Crippen molar-refractivity contribution in [2.24, 2.45) is 5.92 Å². The molecule has 2 amide bonds. The van der Waals surface area contributed by atoms with Crippen molar-refractivity contribution in [1.82, 2.24) is 4.90 Å². The third-order valence-corrected chi connectivity index (χ3v) is 4.09. The molecule has 0 saturated heterocycles. The van der Waals surface area contributed by atoms with E-state index in [2.05, 4.69) is 5.32 Å². The number of hydrogen-bond acceptors (Lipinski definition) is 3. The average molecular weight is 356 g/mol. The molecule has 0 unspecified atom stereocenters. The van der Waals surface area contributed by atoms with Crippen molar-refractivity contribution in [3.63, 3.8) is 0 Å². The molecule has 1 N–H and O–H groups in total. The summed E-state index contributed by atoms with van der Waals surface area (Å²) in [6.07, 6.45) is 0. The van der Waals surface area contributed by atoms with Crippen LogP contribution in [0.25, 0.3) is 0 Å². The van der Waals surface area contributed by atoms with Gasteiger partial charge in [-0.05, 0) is 36.2 Å². The number of anilines is 1. The molecule has 26 heavy (non-hydrogen) atoms. The van der Waals surface area contributed by atoms with Crippen LogP contribution in [-0.2, 0) is 11.3 Å². The van der Waals surface area contributed by atoms with Crippen molar-refractivity contribution >= 4 is 17.5 Å². The molecule has 5 nitrogen and oxygen atoms in total. The highest BCUT2D eigenvalue weighted by molar-refractivity contribution is 6.04. The van der Waals surface area contributed by atoms with E-state index in [-0.39, 0.29) is 18.1 Å². The summed E-state index contributed by atoms with van der Waals surface area (Å²) >= 11 is 0. The fraction of sp³-hybridized carbons (Fsp3) is 0.300. The first-order chi connectivity index (χ1) is 12.4. The van der Waals surface area contributed by atoms with Crippen LogP contribution in [0.15, 0.2) is 42.5 Å². The maximum Gasteiger partial charge on any atom is 0.260 e. The molecule has 0 fully saturated rings. The van der Waals surface area contributed by atoms with Gasteiger partial charge < -0.3 is 15.0 Å². The van der Waals surface area contributed by atoms with E-state index in [1.165, 1.54) is 18.2 Å². The number of amides is 2. The lowest BCUT2D eigenvalue weighted by molar-refractivity contribution is -0.133. The second kappa shape index (κ2) is 7.56. The van der Waals surface area contributed by atoms with E-state index in [1.807, 2.05) is 13.8 Å². The van der Waals surface area contributed by atoms with Gasteiger partial charge in [-0.3, -0.25) is 9.59 Å². The standard InChI is InChI=1S/C20H21FN2O3/c1-13(2)10-23-11-14-9-15(7-8-18(14)26-12-19(23)24)22-20(25)16-5-3-4-6-17(16)21/h3-9,13H,10-12H2,1-2H3,(H,22,25). The molecule has 0 aromatic heterocycles. The van der Waals surface area contributed by atoms with Gasteiger partial charge in [-0.25, -0.2) is 4.39 Å². The number of nitrogens with zero attached hydrogens (tertiary/aromatic N) is 1. The topological polar surface area (TPSA) is 58.6 Å². The minimum Gasteiger partial charge on any atom is -0.483 e. The largest absolute Gasteiger partial charge is 0.483 e. The third kappa shape index (κ3) is 4.02. The zero-order valence-corrected chi connectivity index (χ0v) is 14.8. The van der Waals surface area contributed by atoms with Gasteiger partial charge in [0.15, 0.2) is 6.61 Å². The maximum absolute atomic E-state index is 13.8. The number of carbonyl (C=O) groups is 2. The normalized spacial score (nSPS) is 13.8. The molecule has 1 aliphatic rings. The van der Waals surface area contributed by atoms with Gasteiger partial charge in [0.2, 0.25) is 0 Å². The fourth-order valence-corrected chi connectivity index (χ4v) is 2.90. The van der Waals surface area contributed by atoms with Crippen molar-refractivity contribution in [2.75, 3.05) is 18.5 Å². The van der Waals surface area contributed by atoms with Crippen LogP contribution >= 0.6 is 0 Å². The number of benzene rings is 2. The number of hydrogen-bond donors (Lipinski definition) is 1. The van der Waals surface area contributed by atoms with Gasteiger partial charge in [-0.2, -0.15) is 0 Å². The summed E-state index contributed by atoms with van der Waals surface area (Å²) in [4.78, 5) is 26.2. The molecule has 1 heterocycles. The summed E-state index contributed by atoms with van der Waals surface area (Å²) < 4.78 is 19.3. The summed E-state index contributed by atoms with van der Waals surface area (Å²) in [6.45, 7) is 5.14. The van der Waals surface area contributed by atoms with Crippen molar-refractivity contribution in [3.05, 3.63) is 59.4 Å². The summed E-state index contributed by atoms with van der Waals surface area (Å²) in [5.74, 6) is -0.200. The van der Waals surface area contributed by atoms with Gasteiger partial charge in [0.05, 0.1) is 5.56 Å². The lowest BCUT2D eigenvalue weighted by Gasteiger charge is -2.22. The van der Waals surface area contributed by atoms with E-state index in [0.29, 0.717) is 30.4 Å². The molecule has 1 aliphatic heterocycles. The van der Waals surface area contributed by atoms with Crippen LogP contribution in [0, 0.1) is 11.7 Å². The zero-order valence-electron chi connectivity index (χ0n) is 14.8. The third-order valence-electron chi connectivity index (χ3n) is 4.09. The van der Waals surface area contributed by atoms with Crippen LogP contribution in [0.2, 0.25) is 0 Å². The minimum absolute atomic E-state index is 0.000647. The van der Waals surface area contributed by atoms with Gasteiger partial charge >= 0.3 is 0 Å². The molecule has 0 saturated carbocycles. The Labute approximate surface area is 151 Å². The van der Waals surface area contributed by atoms with E-state index in [4.69, 9.17) is 4.74 Å². The van der Waals surface area contributed by atoms with Crippen molar-refractivity contribution in [1.29, 1.82) is 0 Å². The first-order valence-corrected chi connectivity index (χ1v) is 8.53. The van der Waals surface area contributed by atoms with Crippen molar-refractivity contribution < 1.29 is 18.7 Å². The molecule has 136 valence electrons. The van der Waals surface area contributed by atoms with Crippen molar-refractivity contribution in [3.8, 4) is 5.75 Å². The Morgan fingerprint density at radius 2 is 2.04 bits per heavy atom. The van der Waals surface area contributed by atoms with E-state index >= 15 is 0 Å². The number of rotatable bonds is 4. The molecule has 0 atom stereocenters. The number of fused-ring (bicyclic) bond motifs is 1.